The van der Waals surface area contributed by atoms with Crippen molar-refractivity contribution >= 4 is 28.9 Å². The predicted octanol–water partition coefficient (Wildman–Crippen LogP) is 3.46. The second-order valence-corrected chi connectivity index (χ2v) is 4.30. The van der Waals surface area contributed by atoms with Crippen molar-refractivity contribution < 1.29 is 9.47 Å². The lowest BCUT2D eigenvalue weighted by molar-refractivity contribution is 0.109. The predicted molar refractivity (Wildman–Crippen MR) is 72.3 cm³/mol. The van der Waals surface area contributed by atoms with Crippen molar-refractivity contribution in [3.63, 3.8) is 0 Å². The fourth-order valence-electron chi connectivity index (χ4n) is 1.32. The molecule has 0 aromatic heterocycles. The van der Waals surface area contributed by atoms with Gasteiger partial charge in [-0.1, -0.05) is 29.3 Å². The van der Waals surface area contributed by atoms with Gasteiger partial charge in [0.1, 0.15) is 0 Å². The van der Waals surface area contributed by atoms with E-state index in [2.05, 4.69) is 5.32 Å². The molecule has 1 aromatic carbocycles. The average molecular weight is 278 g/mol. The topological polar surface area (TPSA) is 30.5 Å². The molecule has 0 bridgehead atoms. The van der Waals surface area contributed by atoms with Gasteiger partial charge < -0.3 is 14.8 Å². The largest absolute Gasteiger partial charge is 0.385 e. The molecule has 1 aromatic rings. The van der Waals surface area contributed by atoms with Gasteiger partial charge in [-0.15, -0.1) is 0 Å². The summed E-state index contributed by atoms with van der Waals surface area (Å²) >= 11 is 12.0. The number of hydrogen-bond acceptors (Lipinski definition) is 3. The van der Waals surface area contributed by atoms with Gasteiger partial charge in [-0.25, -0.2) is 0 Å². The summed E-state index contributed by atoms with van der Waals surface area (Å²) in [6, 6.07) is 5.42. The maximum Gasteiger partial charge on any atom is 0.0719 e. The van der Waals surface area contributed by atoms with E-state index < -0.39 is 0 Å². The monoisotopic (exact) mass is 277 g/mol. The number of rotatable bonds is 8. The highest BCUT2D eigenvalue weighted by molar-refractivity contribution is 6.39. The van der Waals surface area contributed by atoms with Gasteiger partial charge >= 0.3 is 0 Å². The van der Waals surface area contributed by atoms with Crippen LogP contribution in [0.4, 0.5) is 5.69 Å². The third-order valence-corrected chi connectivity index (χ3v) is 2.78. The summed E-state index contributed by atoms with van der Waals surface area (Å²) in [6.45, 7) is 2.72. The Kier molecular flexibility index (Phi) is 7.37. The molecule has 0 radical (unpaired) electrons. The Labute approximate surface area is 112 Å². The molecule has 3 nitrogen and oxygen atoms in total. The highest BCUT2D eigenvalue weighted by atomic mass is 35.5. The van der Waals surface area contributed by atoms with E-state index >= 15 is 0 Å². The Bertz CT molecular complexity index is 314. The molecule has 0 fully saturated rings. The lowest BCUT2D eigenvalue weighted by atomic mass is 10.3. The van der Waals surface area contributed by atoms with Gasteiger partial charge in [0.15, 0.2) is 0 Å². The molecule has 17 heavy (non-hydrogen) atoms. The van der Waals surface area contributed by atoms with E-state index in [1.807, 2.05) is 6.07 Å². The molecule has 1 N–H and O–H groups in total. The lowest BCUT2D eigenvalue weighted by Crippen LogP contribution is -2.11. The Hall–Kier alpha value is -0.480. The van der Waals surface area contributed by atoms with Crippen LogP contribution in [-0.4, -0.2) is 33.5 Å². The quantitative estimate of drug-likeness (QED) is 0.739. The van der Waals surface area contributed by atoms with Crippen LogP contribution in [0.15, 0.2) is 18.2 Å². The molecule has 0 aliphatic heterocycles. The zero-order valence-corrected chi connectivity index (χ0v) is 11.4. The van der Waals surface area contributed by atoms with Gasteiger partial charge in [0.25, 0.3) is 0 Å². The zero-order valence-electron chi connectivity index (χ0n) is 9.84. The fraction of sp³-hybridized carbons (Fsp3) is 0.500. The van der Waals surface area contributed by atoms with Crippen molar-refractivity contribution in [1.82, 2.24) is 0 Å². The van der Waals surface area contributed by atoms with E-state index in [1.54, 1.807) is 19.2 Å². The maximum atomic E-state index is 6.01. The summed E-state index contributed by atoms with van der Waals surface area (Å²) in [5, 5.41) is 4.40. The summed E-state index contributed by atoms with van der Waals surface area (Å²) in [5.41, 5.74) is 0.760. The molecule has 5 heteroatoms. The molecule has 0 saturated carbocycles. The molecule has 0 aliphatic carbocycles. The maximum absolute atomic E-state index is 6.01. The summed E-state index contributed by atoms with van der Waals surface area (Å²) in [7, 11) is 1.68. The number of halogens is 2. The third kappa shape index (κ3) is 5.59. The van der Waals surface area contributed by atoms with Crippen LogP contribution < -0.4 is 5.32 Å². The first-order chi connectivity index (χ1) is 8.25. The van der Waals surface area contributed by atoms with Crippen LogP contribution in [0.25, 0.3) is 0 Å². The van der Waals surface area contributed by atoms with E-state index in [4.69, 9.17) is 32.7 Å². The highest BCUT2D eigenvalue weighted by Gasteiger charge is 2.03. The fourth-order valence-corrected chi connectivity index (χ4v) is 1.85. The molecule has 0 spiro atoms. The van der Waals surface area contributed by atoms with Crippen LogP contribution in [0.2, 0.25) is 10.0 Å². The summed E-state index contributed by atoms with van der Waals surface area (Å²) in [4.78, 5) is 0. The molecular formula is C12H17Cl2NO2. The van der Waals surface area contributed by atoms with Crippen LogP contribution in [0, 0.1) is 0 Å². The van der Waals surface area contributed by atoms with Gasteiger partial charge in [-0.2, -0.15) is 0 Å². The van der Waals surface area contributed by atoms with Gasteiger partial charge in [0.05, 0.1) is 22.3 Å². The average Bonchev–Trinajstić information content (AvgIpc) is 2.31. The van der Waals surface area contributed by atoms with Crippen LogP contribution in [0.1, 0.15) is 6.42 Å². The first-order valence-electron chi connectivity index (χ1n) is 5.50. The van der Waals surface area contributed by atoms with Crippen LogP contribution >= 0.6 is 23.2 Å². The van der Waals surface area contributed by atoms with Gasteiger partial charge in [0, 0.05) is 26.9 Å². The Morgan fingerprint density at radius 2 is 1.82 bits per heavy atom. The van der Waals surface area contributed by atoms with Crippen LogP contribution in [0.3, 0.4) is 0 Å². The molecule has 0 saturated heterocycles. The minimum Gasteiger partial charge on any atom is -0.385 e. The van der Waals surface area contributed by atoms with Crippen molar-refractivity contribution in [3.05, 3.63) is 28.2 Å². The van der Waals surface area contributed by atoms with Gasteiger partial charge in [0.2, 0.25) is 0 Å². The summed E-state index contributed by atoms with van der Waals surface area (Å²) in [5.74, 6) is 0. The Balaban J connectivity index is 2.18. The number of ether oxygens (including phenoxy) is 2. The van der Waals surface area contributed by atoms with Crippen LogP contribution in [-0.2, 0) is 9.47 Å². The zero-order chi connectivity index (χ0) is 12.5. The number of hydrogen-bond donors (Lipinski definition) is 1. The molecule has 0 atom stereocenters. The molecular weight excluding hydrogens is 261 g/mol. The Morgan fingerprint density at radius 1 is 1.12 bits per heavy atom. The number of para-hydroxylation sites is 1. The Morgan fingerprint density at radius 3 is 2.47 bits per heavy atom. The second-order valence-electron chi connectivity index (χ2n) is 3.48. The van der Waals surface area contributed by atoms with Crippen molar-refractivity contribution in [3.8, 4) is 0 Å². The van der Waals surface area contributed by atoms with Gasteiger partial charge in [-0.3, -0.25) is 0 Å². The number of benzene rings is 1. The van der Waals surface area contributed by atoms with E-state index in [0.29, 0.717) is 29.8 Å². The molecule has 0 aliphatic rings. The SMILES string of the molecule is COCCCOCCNc1c(Cl)cccc1Cl. The minimum absolute atomic E-state index is 0.616. The minimum atomic E-state index is 0.616. The molecule has 0 heterocycles. The molecule has 0 unspecified atom stereocenters. The number of anilines is 1. The van der Waals surface area contributed by atoms with Gasteiger partial charge in [-0.05, 0) is 18.6 Å². The standard InChI is InChI=1S/C12H17Cl2NO2/c1-16-7-3-8-17-9-6-15-12-10(13)4-2-5-11(12)14/h2,4-5,15H,3,6-9H2,1H3. The smallest absolute Gasteiger partial charge is 0.0719 e. The van der Waals surface area contributed by atoms with Crippen molar-refractivity contribution in [2.75, 3.05) is 38.8 Å². The first-order valence-corrected chi connectivity index (χ1v) is 6.26. The number of nitrogens with one attached hydrogen (secondary N) is 1. The lowest BCUT2D eigenvalue weighted by Gasteiger charge is -2.10. The van der Waals surface area contributed by atoms with Crippen molar-refractivity contribution in [2.45, 2.75) is 6.42 Å². The summed E-state index contributed by atoms with van der Waals surface area (Å²) < 4.78 is 10.3. The van der Waals surface area contributed by atoms with E-state index in [0.717, 1.165) is 18.7 Å². The first kappa shape index (κ1) is 14.6. The molecule has 1 rings (SSSR count). The van der Waals surface area contributed by atoms with Crippen LogP contribution in [0.5, 0.6) is 0 Å². The van der Waals surface area contributed by atoms with Crippen molar-refractivity contribution in [2.24, 2.45) is 0 Å². The summed E-state index contributed by atoms with van der Waals surface area (Å²) in [6.07, 6.45) is 0.906. The normalized spacial score (nSPS) is 10.5. The number of methoxy groups -OCH3 is 1. The van der Waals surface area contributed by atoms with Crippen molar-refractivity contribution in [1.29, 1.82) is 0 Å². The van der Waals surface area contributed by atoms with E-state index in [9.17, 15) is 0 Å². The third-order valence-electron chi connectivity index (χ3n) is 2.15. The van der Waals surface area contributed by atoms with E-state index in [1.165, 1.54) is 0 Å². The second kappa shape index (κ2) is 8.59. The molecule has 0 amide bonds. The molecule has 96 valence electrons. The highest BCUT2D eigenvalue weighted by Crippen LogP contribution is 2.29. The van der Waals surface area contributed by atoms with E-state index in [-0.39, 0.29) is 0 Å².